The minimum absolute atomic E-state index is 0.173. The first-order valence-electron chi connectivity index (χ1n) is 4.76. The molecule has 0 unspecified atom stereocenters. The van der Waals surface area contributed by atoms with Crippen LogP contribution in [0.1, 0.15) is 35.3 Å². The highest BCUT2D eigenvalue weighted by Crippen LogP contribution is 2.31. The number of alkyl halides is 3. The number of carbonyl (C=O) groups is 1. The molecule has 90 valence electrons. The zero-order chi connectivity index (χ0) is 12.2. The molecule has 1 N–H and O–H groups in total. The molecule has 0 aliphatic heterocycles. The number of hydrogen-bond donors (Lipinski definition) is 1. The molecule has 1 aromatic heterocycles. The van der Waals surface area contributed by atoms with Gasteiger partial charge in [-0.3, -0.25) is 4.79 Å². The van der Waals surface area contributed by atoms with Gasteiger partial charge >= 0.3 is 6.18 Å². The second-order valence-electron chi connectivity index (χ2n) is 3.15. The number of thiazole rings is 1. The summed E-state index contributed by atoms with van der Waals surface area (Å²) in [5.74, 6) is -0.555. The van der Waals surface area contributed by atoms with Crippen LogP contribution in [0, 0.1) is 0 Å². The van der Waals surface area contributed by atoms with E-state index < -0.39 is 17.1 Å². The van der Waals surface area contributed by atoms with E-state index in [4.69, 9.17) is 0 Å². The van der Waals surface area contributed by atoms with Crippen LogP contribution in [0.3, 0.4) is 0 Å². The van der Waals surface area contributed by atoms with Crippen molar-refractivity contribution in [3.05, 3.63) is 16.1 Å². The van der Waals surface area contributed by atoms with Gasteiger partial charge in [-0.1, -0.05) is 13.3 Å². The lowest BCUT2D eigenvalue weighted by Gasteiger charge is -2.01. The van der Waals surface area contributed by atoms with Crippen LogP contribution in [-0.2, 0) is 6.18 Å². The third kappa shape index (κ3) is 3.48. The maximum atomic E-state index is 12.2. The number of amides is 1. The number of aromatic nitrogens is 1. The molecule has 1 rings (SSSR count). The number of unbranched alkanes of at least 4 members (excludes halogenated alkanes) is 1. The summed E-state index contributed by atoms with van der Waals surface area (Å²) in [6.45, 7) is 2.41. The molecular weight excluding hydrogens is 241 g/mol. The van der Waals surface area contributed by atoms with Gasteiger partial charge in [0.1, 0.15) is 5.69 Å². The van der Waals surface area contributed by atoms with Gasteiger partial charge in [-0.25, -0.2) is 4.98 Å². The summed E-state index contributed by atoms with van der Waals surface area (Å²) in [5.41, 5.74) is -0.173. The van der Waals surface area contributed by atoms with Gasteiger partial charge in [0.25, 0.3) is 5.91 Å². The Morgan fingerprint density at radius 3 is 2.75 bits per heavy atom. The number of carbonyl (C=O) groups excluding carboxylic acids is 1. The lowest BCUT2D eigenvalue weighted by atomic mass is 10.3. The zero-order valence-electron chi connectivity index (χ0n) is 8.60. The molecule has 1 amide bonds. The highest BCUT2D eigenvalue weighted by atomic mass is 32.1. The Kier molecular flexibility index (Phi) is 4.28. The van der Waals surface area contributed by atoms with Crippen molar-refractivity contribution in [2.45, 2.75) is 25.9 Å². The van der Waals surface area contributed by atoms with Crippen molar-refractivity contribution in [3.8, 4) is 0 Å². The molecule has 0 spiro atoms. The maximum Gasteiger partial charge on any atom is 0.443 e. The third-order valence-electron chi connectivity index (χ3n) is 1.80. The summed E-state index contributed by atoms with van der Waals surface area (Å²) < 4.78 is 36.6. The van der Waals surface area contributed by atoms with E-state index in [9.17, 15) is 18.0 Å². The molecule has 0 aliphatic carbocycles. The van der Waals surface area contributed by atoms with Gasteiger partial charge < -0.3 is 5.32 Å². The fraction of sp³-hybridized carbons (Fsp3) is 0.556. The van der Waals surface area contributed by atoms with Crippen LogP contribution < -0.4 is 5.32 Å². The molecule has 7 heteroatoms. The Morgan fingerprint density at radius 1 is 1.56 bits per heavy atom. The molecule has 16 heavy (non-hydrogen) atoms. The normalized spacial score (nSPS) is 11.5. The Labute approximate surface area is 94.7 Å². The second kappa shape index (κ2) is 5.29. The highest BCUT2D eigenvalue weighted by molar-refractivity contribution is 7.09. The zero-order valence-corrected chi connectivity index (χ0v) is 9.41. The minimum Gasteiger partial charge on any atom is -0.351 e. The fourth-order valence-electron chi connectivity index (χ4n) is 0.977. The lowest BCUT2D eigenvalue weighted by molar-refractivity contribution is -0.137. The molecule has 0 fully saturated rings. The molecule has 0 aromatic carbocycles. The van der Waals surface area contributed by atoms with E-state index in [1.807, 2.05) is 6.92 Å². The number of nitrogens with zero attached hydrogens (tertiary/aromatic N) is 1. The van der Waals surface area contributed by atoms with Gasteiger partial charge in [-0.2, -0.15) is 13.2 Å². The van der Waals surface area contributed by atoms with Gasteiger partial charge in [0.2, 0.25) is 0 Å². The Balaban J connectivity index is 2.60. The van der Waals surface area contributed by atoms with Crippen LogP contribution in [0.15, 0.2) is 5.38 Å². The molecular formula is C9H11F3N2OS. The van der Waals surface area contributed by atoms with E-state index in [1.165, 1.54) is 0 Å². The van der Waals surface area contributed by atoms with Crippen molar-refractivity contribution >= 4 is 17.2 Å². The van der Waals surface area contributed by atoms with Crippen molar-refractivity contribution in [1.29, 1.82) is 0 Å². The van der Waals surface area contributed by atoms with Crippen molar-refractivity contribution < 1.29 is 18.0 Å². The van der Waals surface area contributed by atoms with E-state index in [2.05, 4.69) is 10.3 Å². The monoisotopic (exact) mass is 252 g/mol. The van der Waals surface area contributed by atoms with Gasteiger partial charge in [0.05, 0.1) is 0 Å². The number of nitrogens with one attached hydrogen (secondary N) is 1. The van der Waals surface area contributed by atoms with Gasteiger partial charge in [0, 0.05) is 11.9 Å². The lowest BCUT2D eigenvalue weighted by Crippen LogP contribution is -2.24. The number of hydrogen-bond acceptors (Lipinski definition) is 3. The smallest absolute Gasteiger partial charge is 0.351 e. The molecule has 1 heterocycles. The minimum atomic E-state index is -4.48. The van der Waals surface area contributed by atoms with Crippen LogP contribution in [-0.4, -0.2) is 17.4 Å². The predicted molar refractivity (Wildman–Crippen MR) is 54.4 cm³/mol. The van der Waals surface area contributed by atoms with E-state index >= 15 is 0 Å². The standard InChI is InChI=1S/C9H11F3N2OS/c1-2-3-4-13-7(15)6-5-16-8(14-6)9(10,11)12/h5H,2-4H2,1H3,(H,13,15). The Bertz CT molecular complexity index is 362. The summed E-state index contributed by atoms with van der Waals surface area (Å²) in [7, 11) is 0. The molecule has 0 aliphatic rings. The van der Waals surface area contributed by atoms with E-state index in [0.29, 0.717) is 17.9 Å². The molecule has 0 atom stereocenters. The van der Waals surface area contributed by atoms with Crippen molar-refractivity contribution in [1.82, 2.24) is 10.3 Å². The molecule has 0 saturated heterocycles. The topological polar surface area (TPSA) is 42.0 Å². The van der Waals surface area contributed by atoms with Crippen LogP contribution in [0.25, 0.3) is 0 Å². The van der Waals surface area contributed by atoms with Crippen molar-refractivity contribution in [2.24, 2.45) is 0 Å². The van der Waals surface area contributed by atoms with Crippen molar-refractivity contribution in [2.75, 3.05) is 6.54 Å². The van der Waals surface area contributed by atoms with E-state index in [1.54, 1.807) is 0 Å². The van der Waals surface area contributed by atoms with E-state index in [0.717, 1.165) is 18.2 Å². The molecule has 1 aromatic rings. The highest BCUT2D eigenvalue weighted by Gasteiger charge is 2.35. The summed E-state index contributed by atoms with van der Waals surface area (Å²) in [6, 6.07) is 0. The largest absolute Gasteiger partial charge is 0.443 e. The van der Waals surface area contributed by atoms with Crippen LogP contribution in [0.4, 0.5) is 13.2 Å². The van der Waals surface area contributed by atoms with Crippen LogP contribution in [0.5, 0.6) is 0 Å². The predicted octanol–water partition coefficient (Wildman–Crippen LogP) is 2.69. The average Bonchev–Trinajstić information content (AvgIpc) is 2.66. The number of halogens is 3. The summed E-state index contributed by atoms with van der Waals surface area (Å²) in [5, 5.41) is 2.63. The van der Waals surface area contributed by atoms with Gasteiger partial charge in [-0.05, 0) is 6.42 Å². The van der Waals surface area contributed by atoms with Crippen molar-refractivity contribution in [3.63, 3.8) is 0 Å². The molecule has 3 nitrogen and oxygen atoms in total. The first-order valence-corrected chi connectivity index (χ1v) is 5.64. The van der Waals surface area contributed by atoms with Gasteiger partial charge in [0.15, 0.2) is 5.01 Å². The maximum absolute atomic E-state index is 12.2. The summed E-state index contributed by atoms with van der Waals surface area (Å²) in [6.07, 6.45) is -2.78. The molecule has 0 bridgehead atoms. The first kappa shape index (κ1) is 13.0. The fourth-order valence-corrected chi connectivity index (χ4v) is 1.65. The average molecular weight is 252 g/mol. The number of rotatable bonds is 4. The molecule has 0 radical (unpaired) electrons. The summed E-state index contributed by atoms with van der Waals surface area (Å²) >= 11 is 0.427. The Morgan fingerprint density at radius 2 is 2.25 bits per heavy atom. The van der Waals surface area contributed by atoms with Crippen LogP contribution in [0.2, 0.25) is 0 Å². The Hall–Kier alpha value is -1.11. The van der Waals surface area contributed by atoms with Gasteiger partial charge in [-0.15, -0.1) is 11.3 Å². The summed E-state index contributed by atoms with van der Waals surface area (Å²) in [4.78, 5) is 14.6. The SMILES string of the molecule is CCCCNC(=O)c1csc(C(F)(F)F)n1. The first-order chi connectivity index (χ1) is 7.45. The molecule has 0 saturated carbocycles. The second-order valence-corrected chi connectivity index (χ2v) is 4.00. The van der Waals surface area contributed by atoms with Crippen LogP contribution >= 0.6 is 11.3 Å². The van der Waals surface area contributed by atoms with E-state index in [-0.39, 0.29) is 5.69 Å². The third-order valence-corrected chi connectivity index (χ3v) is 2.68. The quantitative estimate of drug-likeness (QED) is 0.837.